The number of fused-ring (bicyclic) bond motifs is 1. The third kappa shape index (κ3) is 2.30. The number of para-hydroxylation sites is 1. The third-order valence-corrected chi connectivity index (χ3v) is 3.87. The lowest BCUT2D eigenvalue weighted by atomic mass is 10.0. The summed E-state index contributed by atoms with van der Waals surface area (Å²) in [6.45, 7) is 0.982. The molecule has 0 fully saturated rings. The highest BCUT2D eigenvalue weighted by Crippen LogP contribution is 2.35. The number of hydrogen-bond donors (Lipinski definition) is 1. The van der Waals surface area contributed by atoms with Gasteiger partial charge in [0.05, 0.1) is 4.47 Å². The molecule has 0 aliphatic carbocycles. The lowest BCUT2D eigenvalue weighted by Gasteiger charge is -2.31. The Morgan fingerprint density at radius 1 is 1.32 bits per heavy atom. The minimum atomic E-state index is 0.640. The maximum Gasteiger partial charge on any atom is 0.224 e. The summed E-state index contributed by atoms with van der Waals surface area (Å²) in [5.41, 5.74) is 2.63. The molecule has 5 heteroatoms. The fraction of sp³-hybridized carbons (Fsp3) is 0.286. The van der Waals surface area contributed by atoms with Crippen molar-refractivity contribution in [2.75, 3.05) is 23.8 Å². The predicted molar refractivity (Wildman–Crippen MR) is 81.0 cm³/mol. The Balaban J connectivity index is 2.08. The third-order valence-electron chi connectivity index (χ3n) is 3.32. The average Bonchev–Trinajstić information content (AvgIpc) is 2.47. The predicted octanol–water partition coefficient (Wildman–Crippen LogP) is 3.37. The molecule has 98 valence electrons. The van der Waals surface area contributed by atoms with Crippen molar-refractivity contribution < 1.29 is 0 Å². The molecule has 1 aromatic carbocycles. The summed E-state index contributed by atoms with van der Waals surface area (Å²) in [6.07, 6.45) is 4.07. The minimum Gasteiger partial charge on any atom is -0.357 e. The van der Waals surface area contributed by atoms with E-state index in [0.717, 1.165) is 29.7 Å². The van der Waals surface area contributed by atoms with Crippen molar-refractivity contribution in [3.63, 3.8) is 0 Å². The first-order valence-corrected chi connectivity index (χ1v) is 7.14. The van der Waals surface area contributed by atoms with Crippen LogP contribution in [0.3, 0.4) is 0 Å². The number of halogens is 1. The van der Waals surface area contributed by atoms with Crippen molar-refractivity contribution in [1.82, 2.24) is 9.97 Å². The molecule has 1 aromatic heterocycles. The van der Waals surface area contributed by atoms with Crippen molar-refractivity contribution >= 4 is 33.4 Å². The fourth-order valence-corrected chi connectivity index (χ4v) is 2.83. The van der Waals surface area contributed by atoms with E-state index in [1.807, 2.05) is 7.05 Å². The van der Waals surface area contributed by atoms with Gasteiger partial charge >= 0.3 is 0 Å². The first-order valence-electron chi connectivity index (χ1n) is 6.35. The van der Waals surface area contributed by atoms with Gasteiger partial charge in [-0.2, -0.15) is 4.98 Å². The first-order chi connectivity index (χ1) is 9.29. The molecule has 0 saturated carbocycles. The van der Waals surface area contributed by atoms with Gasteiger partial charge in [-0.25, -0.2) is 4.98 Å². The number of aryl methyl sites for hydroxylation is 1. The van der Waals surface area contributed by atoms with Crippen LogP contribution in [-0.2, 0) is 6.42 Å². The van der Waals surface area contributed by atoms with Crippen LogP contribution in [0.5, 0.6) is 0 Å². The van der Waals surface area contributed by atoms with Crippen molar-refractivity contribution in [2.24, 2.45) is 0 Å². The van der Waals surface area contributed by atoms with Gasteiger partial charge in [-0.1, -0.05) is 18.2 Å². The van der Waals surface area contributed by atoms with Gasteiger partial charge in [-0.05, 0) is 40.4 Å². The van der Waals surface area contributed by atoms with E-state index < -0.39 is 0 Å². The van der Waals surface area contributed by atoms with Crippen LogP contribution in [0.15, 0.2) is 34.9 Å². The Bertz CT molecular complexity index is 600. The second kappa shape index (κ2) is 5.17. The first kappa shape index (κ1) is 12.4. The number of nitrogens with one attached hydrogen (secondary N) is 1. The van der Waals surface area contributed by atoms with Crippen molar-refractivity contribution in [3.05, 3.63) is 40.5 Å². The van der Waals surface area contributed by atoms with Gasteiger partial charge in [0.2, 0.25) is 5.95 Å². The highest BCUT2D eigenvalue weighted by Gasteiger charge is 2.21. The van der Waals surface area contributed by atoms with E-state index in [2.05, 4.69) is 60.4 Å². The van der Waals surface area contributed by atoms with E-state index in [1.54, 1.807) is 6.20 Å². The molecule has 0 radical (unpaired) electrons. The van der Waals surface area contributed by atoms with Gasteiger partial charge in [0.1, 0.15) is 0 Å². The lowest BCUT2D eigenvalue weighted by molar-refractivity contribution is 0.757. The molecule has 0 spiro atoms. The largest absolute Gasteiger partial charge is 0.357 e. The maximum atomic E-state index is 4.57. The molecule has 0 saturated heterocycles. The van der Waals surface area contributed by atoms with Crippen LogP contribution in [0.25, 0.3) is 0 Å². The van der Waals surface area contributed by atoms with E-state index in [9.17, 15) is 0 Å². The van der Waals surface area contributed by atoms with Crippen molar-refractivity contribution in [2.45, 2.75) is 12.8 Å². The number of nitrogens with zero attached hydrogens (tertiary/aromatic N) is 3. The van der Waals surface area contributed by atoms with Crippen molar-refractivity contribution in [1.29, 1.82) is 0 Å². The van der Waals surface area contributed by atoms with E-state index in [0.29, 0.717) is 5.95 Å². The molecule has 1 aliphatic rings. The molecular weight excluding hydrogens is 304 g/mol. The minimum absolute atomic E-state index is 0.640. The molecule has 0 unspecified atom stereocenters. The van der Waals surface area contributed by atoms with E-state index >= 15 is 0 Å². The molecule has 2 aromatic rings. The highest BCUT2D eigenvalue weighted by molar-refractivity contribution is 9.10. The van der Waals surface area contributed by atoms with Crippen LogP contribution in [0.2, 0.25) is 0 Å². The zero-order valence-electron chi connectivity index (χ0n) is 10.7. The summed E-state index contributed by atoms with van der Waals surface area (Å²) in [7, 11) is 1.83. The normalized spacial score (nSPS) is 14.1. The number of anilines is 3. The Kier molecular flexibility index (Phi) is 3.38. The number of rotatable bonds is 2. The zero-order chi connectivity index (χ0) is 13.2. The van der Waals surface area contributed by atoms with Crippen molar-refractivity contribution in [3.8, 4) is 0 Å². The Morgan fingerprint density at radius 3 is 3.00 bits per heavy atom. The molecule has 3 rings (SSSR count). The zero-order valence-corrected chi connectivity index (χ0v) is 12.3. The van der Waals surface area contributed by atoms with E-state index in [1.165, 1.54) is 11.3 Å². The van der Waals surface area contributed by atoms with Crippen LogP contribution in [0, 0.1) is 0 Å². The summed E-state index contributed by atoms with van der Waals surface area (Å²) in [4.78, 5) is 11.0. The van der Waals surface area contributed by atoms with Gasteiger partial charge in [0, 0.05) is 25.5 Å². The summed E-state index contributed by atoms with van der Waals surface area (Å²) in [6, 6.07) is 8.51. The fourth-order valence-electron chi connectivity index (χ4n) is 2.42. The Labute approximate surface area is 121 Å². The Morgan fingerprint density at radius 2 is 2.16 bits per heavy atom. The number of hydrogen-bond acceptors (Lipinski definition) is 4. The standard InChI is InChI=1S/C14H15BrN4/c1-16-14-17-9-11(15)13(18-14)19-8-4-6-10-5-2-3-7-12(10)19/h2-3,5,7,9H,4,6,8H2,1H3,(H,16,17,18). The monoisotopic (exact) mass is 318 g/mol. The van der Waals surface area contributed by atoms with Gasteiger partial charge in [-0.15, -0.1) is 0 Å². The summed E-state index contributed by atoms with van der Waals surface area (Å²) in [5.74, 6) is 1.56. The summed E-state index contributed by atoms with van der Waals surface area (Å²) in [5, 5.41) is 2.99. The van der Waals surface area contributed by atoms with E-state index in [4.69, 9.17) is 0 Å². The van der Waals surface area contributed by atoms with Gasteiger partial charge in [-0.3, -0.25) is 0 Å². The van der Waals surface area contributed by atoms with Crippen LogP contribution >= 0.6 is 15.9 Å². The molecule has 1 aliphatic heterocycles. The number of benzene rings is 1. The van der Waals surface area contributed by atoms with Gasteiger partial charge < -0.3 is 10.2 Å². The van der Waals surface area contributed by atoms with Crippen LogP contribution in [-0.4, -0.2) is 23.6 Å². The van der Waals surface area contributed by atoms with Gasteiger partial charge in [0.25, 0.3) is 0 Å². The molecule has 2 heterocycles. The molecule has 0 atom stereocenters. The lowest BCUT2D eigenvalue weighted by Crippen LogP contribution is -2.26. The summed E-state index contributed by atoms with van der Waals surface area (Å²) >= 11 is 3.55. The average molecular weight is 319 g/mol. The molecule has 19 heavy (non-hydrogen) atoms. The molecule has 4 nitrogen and oxygen atoms in total. The van der Waals surface area contributed by atoms with Crippen LogP contribution in [0.1, 0.15) is 12.0 Å². The van der Waals surface area contributed by atoms with E-state index in [-0.39, 0.29) is 0 Å². The summed E-state index contributed by atoms with van der Waals surface area (Å²) < 4.78 is 0.920. The maximum absolute atomic E-state index is 4.57. The molecule has 1 N–H and O–H groups in total. The second-order valence-corrected chi connectivity index (χ2v) is 5.35. The van der Waals surface area contributed by atoms with Crippen LogP contribution in [0.4, 0.5) is 17.5 Å². The number of aromatic nitrogens is 2. The quantitative estimate of drug-likeness (QED) is 0.921. The SMILES string of the molecule is CNc1ncc(Br)c(N2CCCc3ccccc32)n1. The molecule has 0 amide bonds. The topological polar surface area (TPSA) is 41.1 Å². The highest BCUT2D eigenvalue weighted by atomic mass is 79.9. The second-order valence-electron chi connectivity index (χ2n) is 4.50. The van der Waals surface area contributed by atoms with Crippen LogP contribution < -0.4 is 10.2 Å². The molecular formula is C14H15BrN4. The Hall–Kier alpha value is -1.62. The van der Waals surface area contributed by atoms with Gasteiger partial charge in [0.15, 0.2) is 5.82 Å². The smallest absolute Gasteiger partial charge is 0.224 e. The molecule has 0 bridgehead atoms.